The minimum absolute atomic E-state index is 0.139. The highest BCUT2D eigenvalue weighted by atomic mass is 32.2. The smallest absolute Gasteiger partial charge is 0.218 e. The molecule has 5 heteroatoms. The monoisotopic (exact) mass is 280 g/mol. The van der Waals surface area contributed by atoms with Crippen LogP contribution in [0.1, 0.15) is 12.5 Å². The number of nitrogens with zero attached hydrogens (tertiary/aromatic N) is 1. The molecule has 0 radical (unpaired) electrons. The van der Waals surface area contributed by atoms with Gasteiger partial charge in [0.15, 0.2) is 0 Å². The van der Waals surface area contributed by atoms with E-state index in [1.54, 1.807) is 0 Å². The lowest BCUT2D eigenvalue weighted by Gasteiger charge is -2.23. The van der Waals surface area contributed by atoms with Crippen LogP contribution in [0.15, 0.2) is 30.5 Å². The van der Waals surface area contributed by atoms with E-state index < -0.39 is 4.20 Å². The average molecular weight is 280 g/mol. The molecule has 0 aliphatic rings. The van der Waals surface area contributed by atoms with Gasteiger partial charge >= 0.3 is 0 Å². The molecule has 0 bridgehead atoms. The van der Waals surface area contributed by atoms with Gasteiger partial charge in [0.2, 0.25) is 5.91 Å². The van der Waals surface area contributed by atoms with Crippen molar-refractivity contribution in [2.75, 3.05) is 0 Å². The molecule has 1 aromatic carbocycles. The van der Waals surface area contributed by atoms with Gasteiger partial charge < -0.3 is 9.88 Å². The predicted molar refractivity (Wildman–Crippen MR) is 81.1 cm³/mol. The summed E-state index contributed by atoms with van der Waals surface area (Å²) in [6, 6.07) is 8.14. The van der Waals surface area contributed by atoms with Crippen molar-refractivity contribution in [2.24, 2.45) is 7.05 Å². The Balaban J connectivity index is 2.35. The number of hydrogen-bond donors (Lipinski definition) is 3. The van der Waals surface area contributed by atoms with E-state index in [1.165, 1.54) is 6.92 Å². The van der Waals surface area contributed by atoms with Gasteiger partial charge in [0, 0.05) is 37.5 Å². The molecule has 1 aromatic heterocycles. The topological polar surface area (TPSA) is 34.0 Å². The van der Waals surface area contributed by atoms with E-state index in [4.69, 9.17) is 0 Å². The largest absolute Gasteiger partial charge is 0.350 e. The number of fused-ring (bicyclic) bond motifs is 1. The number of hydrogen-bond acceptors (Lipinski definition) is 3. The number of carbonyl (C=O) groups is 1. The summed E-state index contributed by atoms with van der Waals surface area (Å²) in [6.07, 6.45) is 2.60. The lowest BCUT2D eigenvalue weighted by atomic mass is 10.1. The third-order valence-electron chi connectivity index (χ3n) is 2.79. The number of aromatic nitrogens is 1. The van der Waals surface area contributed by atoms with Gasteiger partial charge in [-0.05, 0) is 11.6 Å². The van der Waals surface area contributed by atoms with E-state index in [0.717, 1.165) is 16.5 Å². The minimum Gasteiger partial charge on any atom is -0.350 e. The van der Waals surface area contributed by atoms with Gasteiger partial charge in [-0.15, -0.1) is 25.3 Å². The fraction of sp³-hybridized carbons (Fsp3) is 0.308. The van der Waals surface area contributed by atoms with Crippen molar-refractivity contribution in [3.05, 3.63) is 36.0 Å². The van der Waals surface area contributed by atoms with E-state index in [1.807, 2.05) is 25.4 Å². The Morgan fingerprint density at radius 2 is 2.06 bits per heavy atom. The van der Waals surface area contributed by atoms with Crippen molar-refractivity contribution in [3.8, 4) is 0 Å². The maximum atomic E-state index is 11.1. The Hall–Kier alpha value is -1.07. The first-order valence-electron chi connectivity index (χ1n) is 5.65. The van der Waals surface area contributed by atoms with Crippen LogP contribution in [0.25, 0.3) is 10.9 Å². The summed E-state index contributed by atoms with van der Waals surface area (Å²) >= 11 is 8.79. The Bertz CT molecular complexity index is 590. The van der Waals surface area contributed by atoms with Crippen molar-refractivity contribution in [3.63, 3.8) is 0 Å². The highest BCUT2D eigenvalue weighted by molar-refractivity contribution is 8.00. The second kappa shape index (κ2) is 4.90. The summed E-state index contributed by atoms with van der Waals surface area (Å²) in [5, 5.41) is 3.89. The second-order valence-corrected chi connectivity index (χ2v) is 6.34. The zero-order valence-electron chi connectivity index (χ0n) is 10.3. The summed E-state index contributed by atoms with van der Waals surface area (Å²) < 4.78 is 1.23. The predicted octanol–water partition coefficient (Wildman–Crippen LogP) is 2.37. The first-order chi connectivity index (χ1) is 8.39. The fourth-order valence-corrected chi connectivity index (χ4v) is 2.81. The number of para-hydroxylation sites is 1. The first-order valence-corrected chi connectivity index (χ1v) is 6.55. The van der Waals surface area contributed by atoms with Gasteiger partial charge in [-0.2, -0.15) is 0 Å². The standard InChI is InChI=1S/C13H16N2OS2/c1-9(16)14-13(17,18)7-10-8-15(2)12-6-4-3-5-11(10)12/h3-6,8,17-18H,7H2,1-2H3,(H,14,16). The molecule has 0 aliphatic carbocycles. The Kier molecular flexibility index (Phi) is 3.64. The van der Waals surface area contributed by atoms with Crippen LogP contribution in [0.4, 0.5) is 0 Å². The summed E-state index contributed by atoms with van der Waals surface area (Å²) in [4.78, 5) is 11.1. The third-order valence-corrected chi connectivity index (χ3v) is 3.33. The molecule has 1 amide bonds. The molecule has 0 spiro atoms. The number of nitrogens with one attached hydrogen (secondary N) is 1. The van der Waals surface area contributed by atoms with Crippen molar-refractivity contribution in [2.45, 2.75) is 17.5 Å². The van der Waals surface area contributed by atoms with E-state index in [9.17, 15) is 4.79 Å². The van der Waals surface area contributed by atoms with E-state index >= 15 is 0 Å². The van der Waals surface area contributed by atoms with E-state index in [-0.39, 0.29) is 5.91 Å². The molecule has 0 unspecified atom stereocenters. The number of amides is 1. The molecule has 3 nitrogen and oxygen atoms in total. The molecule has 96 valence electrons. The first kappa shape index (κ1) is 13.4. The fourth-order valence-electron chi connectivity index (χ4n) is 2.16. The Labute approximate surface area is 117 Å². The van der Waals surface area contributed by atoms with Crippen LogP contribution < -0.4 is 5.32 Å². The van der Waals surface area contributed by atoms with Crippen LogP contribution in [-0.4, -0.2) is 14.7 Å². The molecule has 1 heterocycles. The van der Waals surface area contributed by atoms with Gasteiger partial charge in [0.25, 0.3) is 0 Å². The molecule has 0 atom stereocenters. The number of carbonyl (C=O) groups excluding carboxylic acids is 1. The molecule has 1 N–H and O–H groups in total. The quantitative estimate of drug-likeness (QED) is 0.585. The third kappa shape index (κ3) is 2.84. The Morgan fingerprint density at radius 1 is 1.39 bits per heavy atom. The number of benzene rings is 1. The van der Waals surface area contributed by atoms with Gasteiger partial charge in [-0.25, -0.2) is 0 Å². The van der Waals surface area contributed by atoms with E-state index in [2.05, 4.69) is 47.3 Å². The van der Waals surface area contributed by atoms with Crippen LogP contribution in [0.3, 0.4) is 0 Å². The number of rotatable bonds is 3. The van der Waals surface area contributed by atoms with Crippen molar-refractivity contribution in [1.82, 2.24) is 9.88 Å². The average Bonchev–Trinajstić information content (AvgIpc) is 2.54. The molecule has 0 saturated carbocycles. The van der Waals surface area contributed by atoms with Crippen LogP contribution in [0.2, 0.25) is 0 Å². The SMILES string of the molecule is CC(=O)NC(S)(S)Cc1cn(C)c2ccccc12. The van der Waals surface area contributed by atoms with Gasteiger partial charge in [-0.3, -0.25) is 4.79 Å². The second-order valence-electron chi connectivity index (χ2n) is 4.46. The summed E-state index contributed by atoms with van der Waals surface area (Å²) in [5.41, 5.74) is 2.28. The van der Waals surface area contributed by atoms with Crippen molar-refractivity contribution in [1.29, 1.82) is 0 Å². The lowest BCUT2D eigenvalue weighted by molar-refractivity contribution is -0.119. The van der Waals surface area contributed by atoms with Crippen molar-refractivity contribution < 1.29 is 4.79 Å². The zero-order valence-corrected chi connectivity index (χ0v) is 12.1. The maximum Gasteiger partial charge on any atom is 0.218 e. The van der Waals surface area contributed by atoms with Gasteiger partial charge in [0.1, 0.15) is 4.20 Å². The molecule has 0 saturated heterocycles. The van der Waals surface area contributed by atoms with Crippen LogP contribution >= 0.6 is 25.3 Å². The molecule has 2 rings (SSSR count). The highest BCUT2D eigenvalue weighted by Gasteiger charge is 2.23. The summed E-state index contributed by atoms with van der Waals surface area (Å²) in [7, 11) is 2.00. The van der Waals surface area contributed by atoms with Crippen LogP contribution in [0.5, 0.6) is 0 Å². The highest BCUT2D eigenvalue weighted by Crippen LogP contribution is 2.28. The van der Waals surface area contributed by atoms with Crippen LogP contribution in [-0.2, 0) is 18.3 Å². The van der Waals surface area contributed by atoms with E-state index in [0.29, 0.717) is 6.42 Å². The molecular formula is C13H16N2OS2. The normalized spacial score (nSPS) is 11.8. The van der Waals surface area contributed by atoms with Gasteiger partial charge in [0.05, 0.1) is 0 Å². The maximum absolute atomic E-state index is 11.1. The number of aryl methyl sites for hydroxylation is 1. The lowest BCUT2D eigenvalue weighted by Crippen LogP contribution is -2.39. The minimum atomic E-state index is -0.837. The summed E-state index contributed by atoms with van der Waals surface area (Å²) in [5.74, 6) is -0.139. The molecule has 0 aliphatic heterocycles. The molecule has 2 aromatic rings. The Morgan fingerprint density at radius 3 is 2.72 bits per heavy atom. The van der Waals surface area contributed by atoms with Crippen molar-refractivity contribution >= 4 is 42.1 Å². The zero-order chi connectivity index (χ0) is 13.3. The number of thiol groups is 2. The molecule has 18 heavy (non-hydrogen) atoms. The molecular weight excluding hydrogens is 264 g/mol. The summed E-state index contributed by atoms with van der Waals surface area (Å²) in [6.45, 7) is 1.46. The van der Waals surface area contributed by atoms with Crippen LogP contribution in [0, 0.1) is 0 Å². The molecule has 0 fully saturated rings. The van der Waals surface area contributed by atoms with Gasteiger partial charge in [-0.1, -0.05) is 18.2 Å².